The molecule has 0 saturated heterocycles. The Morgan fingerprint density at radius 2 is 2.10 bits per heavy atom. The molecule has 3 aromatic rings. The molecule has 0 unspecified atom stereocenters. The van der Waals surface area contributed by atoms with E-state index in [1.807, 2.05) is 28.8 Å². The summed E-state index contributed by atoms with van der Waals surface area (Å²) >= 11 is 3.09. The summed E-state index contributed by atoms with van der Waals surface area (Å²) in [5.41, 5.74) is 2.10. The lowest BCUT2D eigenvalue weighted by Crippen LogP contribution is -2.15. The molecule has 1 N–H and O–H groups in total. The van der Waals surface area contributed by atoms with E-state index in [1.54, 1.807) is 11.3 Å². The summed E-state index contributed by atoms with van der Waals surface area (Å²) in [5, 5.41) is 14.4. The topological polar surface area (TPSA) is 59.8 Å². The first-order valence-electron chi connectivity index (χ1n) is 9.68. The van der Waals surface area contributed by atoms with Crippen molar-refractivity contribution < 1.29 is 4.79 Å². The fourth-order valence-corrected chi connectivity index (χ4v) is 4.36. The van der Waals surface area contributed by atoms with E-state index in [2.05, 4.69) is 59.5 Å². The fraction of sp³-hybridized carbons (Fsp3) is 0.318. The number of aromatic nitrogens is 3. The lowest BCUT2D eigenvalue weighted by atomic mass is 9.99. The second-order valence-electron chi connectivity index (χ2n) is 6.82. The van der Waals surface area contributed by atoms with Gasteiger partial charge in [0.25, 0.3) is 0 Å². The predicted molar refractivity (Wildman–Crippen MR) is 122 cm³/mol. The molecule has 1 atom stereocenters. The van der Waals surface area contributed by atoms with Crippen LogP contribution in [-0.4, -0.2) is 26.4 Å². The number of carbonyl (C=O) groups is 1. The molecule has 0 aliphatic rings. The Morgan fingerprint density at radius 3 is 2.76 bits per heavy atom. The summed E-state index contributed by atoms with van der Waals surface area (Å²) in [6.45, 7) is 8.83. The molecule has 0 fully saturated rings. The number of carbonyl (C=O) groups excluding carboxylic acids is 1. The van der Waals surface area contributed by atoms with Crippen LogP contribution in [-0.2, 0) is 17.8 Å². The maximum Gasteiger partial charge on any atom is 0.234 e. The number of hydrogen-bond donors (Lipinski definition) is 1. The number of nitrogens with zero attached hydrogens (tertiary/aromatic N) is 3. The highest BCUT2D eigenvalue weighted by atomic mass is 32.2. The first-order chi connectivity index (χ1) is 14.1. The van der Waals surface area contributed by atoms with Crippen LogP contribution in [0.25, 0.3) is 0 Å². The van der Waals surface area contributed by atoms with Crippen LogP contribution < -0.4 is 5.32 Å². The summed E-state index contributed by atoms with van der Waals surface area (Å²) in [5.74, 6) is 1.63. The number of thiophene rings is 1. The van der Waals surface area contributed by atoms with Crippen LogP contribution >= 0.6 is 23.1 Å². The molecule has 0 radical (unpaired) electrons. The van der Waals surface area contributed by atoms with Crippen molar-refractivity contribution in [3.8, 4) is 0 Å². The molecule has 0 saturated carbocycles. The number of amides is 1. The first kappa shape index (κ1) is 21.3. The lowest BCUT2D eigenvalue weighted by Gasteiger charge is -2.10. The van der Waals surface area contributed by atoms with Crippen molar-refractivity contribution in [3.05, 3.63) is 70.7 Å². The van der Waals surface area contributed by atoms with Crippen molar-refractivity contribution in [2.24, 2.45) is 0 Å². The van der Waals surface area contributed by atoms with Gasteiger partial charge in [0.2, 0.25) is 5.91 Å². The van der Waals surface area contributed by atoms with Gasteiger partial charge in [-0.3, -0.25) is 4.79 Å². The molecule has 7 heteroatoms. The van der Waals surface area contributed by atoms with Gasteiger partial charge in [0.05, 0.1) is 5.75 Å². The van der Waals surface area contributed by atoms with Gasteiger partial charge < -0.3 is 9.88 Å². The first-order valence-corrected chi connectivity index (χ1v) is 11.5. The van der Waals surface area contributed by atoms with Gasteiger partial charge in [-0.1, -0.05) is 49.9 Å². The number of thioether (sulfide) groups is 1. The van der Waals surface area contributed by atoms with Crippen LogP contribution in [0.3, 0.4) is 0 Å². The highest BCUT2D eigenvalue weighted by Gasteiger charge is 2.14. The summed E-state index contributed by atoms with van der Waals surface area (Å²) < 4.78 is 2.02. The van der Waals surface area contributed by atoms with E-state index in [1.165, 1.54) is 22.2 Å². The van der Waals surface area contributed by atoms with Crippen molar-refractivity contribution in [1.82, 2.24) is 14.8 Å². The van der Waals surface area contributed by atoms with Gasteiger partial charge in [-0.05, 0) is 41.5 Å². The third kappa shape index (κ3) is 5.81. The average Bonchev–Trinajstić information content (AvgIpc) is 3.38. The quantitative estimate of drug-likeness (QED) is 0.350. The Hall–Kier alpha value is -2.38. The fourth-order valence-electron chi connectivity index (χ4n) is 2.90. The molecule has 152 valence electrons. The molecule has 2 aromatic heterocycles. The number of rotatable bonds is 10. The molecule has 0 bridgehead atoms. The van der Waals surface area contributed by atoms with Gasteiger partial charge in [-0.25, -0.2) is 0 Å². The van der Waals surface area contributed by atoms with Crippen molar-refractivity contribution in [1.29, 1.82) is 0 Å². The van der Waals surface area contributed by atoms with Crippen molar-refractivity contribution >= 4 is 34.7 Å². The van der Waals surface area contributed by atoms with Crippen LogP contribution in [0.5, 0.6) is 0 Å². The SMILES string of the molecule is C=CCn1c(Cc2cccs2)nnc1SCC(=O)Nc1ccc([C@H](C)CC)cc1. The Balaban J connectivity index is 1.59. The lowest BCUT2D eigenvalue weighted by molar-refractivity contribution is -0.113. The van der Waals surface area contributed by atoms with Crippen LogP contribution in [0.1, 0.15) is 42.5 Å². The Labute approximate surface area is 180 Å². The van der Waals surface area contributed by atoms with Gasteiger partial charge in [0.15, 0.2) is 5.16 Å². The molecule has 2 heterocycles. The number of hydrogen-bond acceptors (Lipinski definition) is 5. The third-order valence-electron chi connectivity index (χ3n) is 4.73. The Kier molecular flexibility index (Phi) is 7.66. The second-order valence-corrected chi connectivity index (χ2v) is 8.80. The molecule has 1 amide bonds. The minimum Gasteiger partial charge on any atom is -0.325 e. The normalized spacial score (nSPS) is 11.9. The average molecular weight is 427 g/mol. The summed E-state index contributed by atoms with van der Waals surface area (Å²) in [6, 6.07) is 12.2. The molecule has 29 heavy (non-hydrogen) atoms. The Morgan fingerprint density at radius 1 is 1.31 bits per heavy atom. The second kappa shape index (κ2) is 10.4. The summed E-state index contributed by atoms with van der Waals surface area (Å²) in [4.78, 5) is 13.6. The summed E-state index contributed by atoms with van der Waals surface area (Å²) in [6.07, 6.45) is 3.65. The highest BCUT2D eigenvalue weighted by molar-refractivity contribution is 7.99. The van der Waals surface area contributed by atoms with E-state index in [0.29, 0.717) is 12.5 Å². The van der Waals surface area contributed by atoms with E-state index in [4.69, 9.17) is 0 Å². The zero-order valence-corrected chi connectivity index (χ0v) is 18.4. The molecule has 3 rings (SSSR count). The number of allylic oxidation sites excluding steroid dienone is 1. The van der Waals surface area contributed by atoms with Crippen LogP contribution in [0.2, 0.25) is 0 Å². The zero-order valence-electron chi connectivity index (χ0n) is 16.8. The number of anilines is 1. The number of nitrogens with one attached hydrogen (secondary N) is 1. The Bertz CT molecular complexity index is 932. The number of benzene rings is 1. The smallest absolute Gasteiger partial charge is 0.234 e. The predicted octanol–water partition coefficient (Wildman–Crippen LogP) is 5.36. The molecule has 1 aromatic carbocycles. The maximum atomic E-state index is 12.4. The molecular formula is C22H26N4OS2. The van der Waals surface area contributed by atoms with E-state index in [0.717, 1.165) is 29.5 Å². The maximum absolute atomic E-state index is 12.4. The van der Waals surface area contributed by atoms with Crippen LogP contribution in [0, 0.1) is 0 Å². The van der Waals surface area contributed by atoms with Crippen molar-refractivity contribution in [2.75, 3.05) is 11.1 Å². The standard InChI is InChI=1S/C22H26N4OS2/c1-4-12-26-20(14-19-7-6-13-28-19)24-25-22(26)29-15-21(27)23-18-10-8-17(9-11-18)16(3)5-2/h4,6-11,13,16H,1,5,12,14-15H2,2-3H3,(H,23,27)/t16-/m1/s1. The van der Waals surface area contributed by atoms with E-state index in [-0.39, 0.29) is 11.7 Å². The van der Waals surface area contributed by atoms with Gasteiger partial charge in [0, 0.05) is 23.5 Å². The van der Waals surface area contributed by atoms with Crippen molar-refractivity contribution in [2.45, 2.75) is 44.3 Å². The minimum absolute atomic E-state index is 0.0563. The van der Waals surface area contributed by atoms with Crippen LogP contribution in [0.4, 0.5) is 5.69 Å². The van der Waals surface area contributed by atoms with Crippen molar-refractivity contribution in [3.63, 3.8) is 0 Å². The largest absolute Gasteiger partial charge is 0.325 e. The van der Waals surface area contributed by atoms with E-state index < -0.39 is 0 Å². The molecular weight excluding hydrogens is 400 g/mol. The summed E-state index contributed by atoms with van der Waals surface area (Å²) in [7, 11) is 0. The minimum atomic E-state index is -0.0563. The van der Waals surface area contributed by atoms with E-state index in [9.17, 15) is 4.79 Å². The van der Waals surface area contributed by atoms with Gasteiger partial charge in [-0.15, -0.1) is 28.1 Å². The highest BCUT2D eigenvalue weighted by Crippen LogP contribution is 2.22. The van der Waals surface area contributed by atoms with Gasteiger partial charge in [-0.2, -0.15) is 0 Å². The van der Waals surface area contributed by atoms with Gasteiger partial charge in [0.1, 0.15) is 5.82 Å². The van der Waals surface area contributed by atoms with E-state index >= 15 is 0 Å². The van der Waals surface area contributed by atoms with Crippen LogP contribution in [0.15, 0.2) is 59.6 Å². The zero-order chi connectivity index (χ0) is 20.6. The monoisotopic (exact) mass is 426 g/mol. The molecule has 0 spiro atoms. The molecule has 0 aliphatic heterocycles. The third-order valence-corrected chi connectivity index (χ3v) is 6.57. The molecule has 5 nitrogen and oxygen atoms in total. The molecule has 0 aliphatic carbocycles. The van der Waals surface area contributed by atoms with Gasteiger partial charge >= 0.3 is 0 Å².